The van der Waals surface area contributed by atoms with Crippen LogP contribution in [0, 0.1) is 5.92 Å². The standard InChI is InChI=1S/C24H27NO2/c1-24(2,3)27-23(26)25-15-16-8-11-20-18(14-16)10-13-21-19-7-5-4-6-17(19)9-12-22(20)21/h4-9,11-12,16H,10,13-15H2,1-3H3,(H,25,26). The lowest BCUT2D eigenvalue weighted by atomic mass is 9.77. The Bertz CT molecular complexity index is 946. The summed E-state index contributed by atoms with van der Waals surface area (Å²) in [5.41, 5.74) is 5.29. The molecule has 1 amide bonds. The Morgan fingerprint density at radius 3 is 2.78 bits per heavy atom. The van der Waals surface area contributed by atoms with Crippen LogP contribution in [0.1, 0.15) is 44.7 Å². The minimum absolute atomic E-state index is 0.332. The second-order valence-corrected chi connectivity index (χ2v) is 8.54. The van der Waals surface area contributed by atoms with E-state index in [0.29, 0.717) is 12.5 Å². The van der Waals surface area contributed by atoms with Crippen LogP contribution in [0.25, 0.3) is 16.3 Å². The summed E-state index contributed by atoms with van der Waals surface area (Å²) in [6.45, 7) is 6.26. The summed E-state index contributed by atoms with van der Waals surface area (Å²) in [6, 6.07) is 13.2. The van der Waals surface area contributed by atoms with Crippen LogP contribution in [0.2, 0.25) is 0 Å². The number of hydrogen-bond donors (Lipinski definition) is 1. The number of hydrogen-bond acceptors (Lipinski definition) is 2. The van der Waals surface area contributed by atoms with Crippen molar-refractivity contribution in [1.29, 1.82) is 0 Å². The number of amides is 1. The summed E-state index contributed by atoms with van der Waals surface area (Å²) in [7, 11) is 0. The topological polar surface area (TPSA) is 38.3 Å². The molecule has 1 atom stereocenters. The first-order valence-corrected chi connectivity index (χ1v) is 9.79. The molecule has 1 N–H and O–H groups in total. The van der Waals surface area contributed by atoms with Gasteiger partial charge in [0.05, 0.1) is 0 Å². The van der Waals surface area contributed by atoms with Crippen LogP contribution in [0.3, 0.4) is 0 Å². The Morgan fingerprint density at radius 1 is 1.15 bits per heavy atom. The highest BCUT2D eigenvalue weighted by molar-refractivity contribution is 5.93. The molecule has 0 bridgehead atoms. The first-order chi connectivity index (χ1) is 12.9. The zero-order chi connectivity index (χ0) is 19.0. The number of carbonyl (C=O) groups is 1. The lowest BCUT2D eigenvalue weighted by Gasteiger charge is -2.29. The maximum atomic E-state index is 11.9. The molecule has 1 unspecified atom stereocenters. The van der Waals surface area contributed by atoms with Gasteiger partial charge in [-0.05, 0) is 73.4 Å². The monoisotopic (exact) mass is 361 g/mol. The number of ether oxygens (including phenoxy) is 1. The normalized spacial score (nSPS) is 18.9. The third-order valence-electron chi connectivity index (χ3n) is 5.34. The molecule has 4 rings (SSSR count). The highest BCUT2D eigenvalue weighted by Crippen LogP contribution is 2.40. The molecule has 3 heteroatoms. The van der Waals surface area contributed by atoms with E-state index in [-0.39, 0.29) is 6.09 Å². The zero-order valence-corrected chi connectivity index (χ0v) is 16.3. The molecule has 2 aliphatic rings. The summed E-state index contributed by atoms with van der Waals surface area (Å²) in [6.07, 6.45) is 7.36. The predicted molar refractivity (Wildman–Crippen MR) is 111 cm³/mol. The summed E-state index contributed by atoms with van der Waals surface area (Å²) in [5, 5.41) is 5.61. The van der Waals surface area contributed by atoms with Gasteiger partial charge in [-0.3, -0.25) is 0 Å². The summed E-state index contributed by atoms with van der Waals surface area (Å²) >= 11 is 0. The van der Waals surface area contributed by atoms with Crippen LogP contribution in [-0.2, 0) is 11.2 Å². The minimum Gasteiger partial charge on any atom is -0.444 e. The van der Waals surface area contributed by atoms with E-state index in [9.17, 15) is 4.79 Å². The fraction of sp³-hybridized carbons (Fsp3) is 0.375. The molecule has 0 aromatic heterocycles. The van der Waals surface area contributed by atoms with Crippen molar-refractivity contribution in [2.24, 2.45) is 5.92 Å². The van der Waals surface area contributed by atoms with Crippen molar-refractivity contribution < 1.29 is 9.53 Å². The summed E-state index contributed by atoms with van der Waals surface area (Å²) < 4.78 is 5.34. The smallest absolute Gasteiger partial charge is 0.407 e. The Labute approximate surface area is 161 Å². The Balaban J connectivity index is 1.49. The van der Waals surface area contributed by atoms with Gasteiger partial charge >= 0.3 is 6.09 Å². The van der Waals surface area contributed by atoms with E-state index in [1.807, 2.05) is 20.8 Å². The van der Waals surface area contributed by atoms with Crippen molar-refractivity contribution in [3.05, 3.63) is 65.3 Å². The fourth-order valence-electron chi connectivity index (χ4n) is 4.16. The Morgan fingerprint density at radius 2 is 1.96 bits per heavy atom. The van der Waals surface area contributed by atoms with Gasteiger partial charge in [0.15, 0.2) is 0 Å². The van der Waals surface area contributed by atoms with Crippen LogP contribution in [0.4, 0.5) is 4.79 Å². The van der Waals surface area contributed by atoms with Gasteiger partial charge in [-0.25, -0.2) is 4.79 Å². The second kappa shape index (κ2) is 6.88. The van der Waals surface area contributed by atoms with Crippen LogP contribution in [-0.4, -0.2) is 18.2 Å². The van der Waals surface area contributed by atoms with Crippen molar-refractivity contribution in [1.82, 2.24) is 5.32 Å². The van der Waals surface area contributed by atoms with Crippen molar-refractivity contribution in [3.63, 3.8) is 0 Å². The molecule has 0 aliphatic heterocycles. The van der Waals surface area contributed by atoms with Crippen LogP contribution >= 0.6 is 0 Å². The van der Waals surface area contributed by atoms with Crippen molar-refractivity contribution in [2.45, 2.75) is 45.6 Å². The van der Waals surface area contributed by atoms with Gasteiger partial charge in [0.1, 0.15) is 5.60 Å². The molecule has 0 radical (unpaired) electrons. The van der Waals surface area contributed by atoms with Crippen LogP contribution < -0.4 is 5.32 Å². The molecular weight excluding hydrogens is 334 g/mol. The van der Waals surface area contributed by atoms with E-state index in [2.05, 4.69) is 53.9 Å². The lowest BCUT2D eigenvalue weighted by molar-refractivity contribution is 0.0522. The lowest BCUT2D eigenvalue weighted by Crippen LogP contribution is -2.35. The molecule has 0 saturated carbocycles. The largest absolute Gasteiger partial charge is 0.444 e. The highest BCUT2D eigenvalue weighted by Gasteiger charge is 2.24. The number of carbonyl (C=O) groups excluding carboxylic acids is 1. The minimum atomic E-state index is -0.460. The maximum Gasteiger partial charge on any atom is 0.407 e. The van der Waals surface area contributed by atoms with E-state index in [1.54, 1.807) is 0 Å². The third-order valence-corrected chi connectivity index (χ3v) is 5.34. The Hall–Kier alpha value is -2.55. The molecule has 0 heterocycles. The van der Waals surface area contributed by atoms with E-state index >= 15 is 0 Å². The Kier molecular flexibility index (Phi) is 4.55. The van der Waals surface area contributed by atoms with Gasteiger partial charge in [0.2, 0.25) is 0 Å². The molecule has 0 fully saturated rings. The molecule has 27 heavy (non-hydrogen) atoms. The summed E-state index contributed by atoms with van der Waals surface area (Å²) in [4.78, 5) is 11.9. The molecule has 140 valence electrons. The van der Waals surface area contributed by atoms with Gasteiger partial charge in [0.25, 0.3) is 0 Å². The van der Waals surface area contributed by atoms with Crippen molar-refractivity contribution in [3.8, 4) is 0 Å². The van der Waals surface area contributed by atoms with Crippen LogP contribution in [0.15, 0.2) is 54.1 Å². The number of allylic oxidation sites excluding steroid dienone is 3. The maximum absolute atomic E-state index is 11.9. The molecule has 3 nitrogen and oxygen atoms in total. The van der Waals surface area contributed by atoms with E-state index < -0.39 is 5.60 Å². The van der Waals surface area contributed by atoms with E-state index in [0.717, 1.165) is 19.3 Å². The molecule has 2 aromatic carbocycles. The number of aryl methyl sites for hydroxylation is 1. The molecule has 2 aliphatic carbocycles. The molecule has 0 saturated heterocycles. The molecule has 0 spiro atoms. The number of benzene rings is 2. The summed E-state index contributed by atoms with van der Waals surface area (Å²) in [5.74, 6) is 0.332. The third kappa shape index (κ3) is 3.78. The highest BCUT2D eigenvalue weighted by atomic mass is 16.6. The number of fused-ring (bicyclic) bond motifs is 4. The second-order valence-electron chi connectivity index (χ2n) is 8.54. The van der Waals surface area contributed by atoms with Gasteiger partial charge in [-0.2, -0.15) is 0 Å². The van der Waals surface area contributed by atoms with E-state index in [4.69, 9.17) is 4.74 Å². The average Bonchev–Trinajstić information content (AvgIpc) is 2.64. The SMILES string of the molecule is CC(C)(C)OC(=O)NCC1C=CC2=C(CCc3c2ccc2ccccc32)C1. The van der Waals surface area contributed by atoms with Crippen molar-refractivity contribution >= 4 is 22.4 Å². The fourth-order valence-corrected chi connectivity index (χ4v) is 4.16. The first-order valence-electron chi connectivity index (χ1n) is 9.79. The van der Waals surface area contributed by atoms with Crippen LogP contribution in [0.5, 0.6) is 0 Å². The number of alkyl carbamates (subject to hydrolysis) is 1. The van der Waals surface area contributed by atoms with Gasteiger partial charge in [-0.15, -0.1) is 0 Å². The molecule has 2 aromatic rings. The zero-order valence-electron chi connectivity index (χ0n) is 16.3. The molecular formula is C24H27NO2. The van der Waals surface area contributed by atoms with E-state index in [1.165, 1.54) is 33.0 Å². The first kappa shape index (κ1) is 17.8. The number of rotatable bonds is 2. The van der Waals surface area contributed by atoms with Gasteiger partial charge in [0, 0.05) is 6.54 Å². The average molecular weight is 361 g/mol. The number of nitrogens with one attached hydrogen (secondary N) is 1. The van der Waals surface area contributed by atoms with Gasteiger partial charge in [-0.1, -0.05) is 54.1 Å². The quantitative estimate of drug-likeness (QED) is 0.751. The van der Waals surface area contributed by atoms with Crippen molar-refractivity contribution in [2.75, 3.05) is 6.54 Å². The predicted octanol–water partition coefficient (Wildman–Crippen LogP) is 5.64. The van der Waals surface area contributed by atoms with Gasteiger partial charge < -0.3 is 10.1 Å².